The van der Waals surface area contributed by atoms with Crippen LogP contribution in [0.2, 0.25) is 0 Å². The minimum absolute atomic E-state index is 0.689. The fourth-order valence-electron chi connectivity index (χ4n) is 1.95. The van der Waals surface area contributed by atoms with Crippen LogP contribution in [0, 0.1) is 0 Å². The van der Waals surface area contributed by atoms with Crippen molar-refractivity contribution >= 4 is 11.8 Å². The largest absolute Gasteiger partial charge is 0.379 e. The Bertz CT molecular complexity index is 368. The van der Waals surface area contributed by atoms with Crippen LogP contribution in [0.1, 0.15) is 13.3 Å². The summed E-state index contributed by atoms with van der Waals surface area (Å²) in [6, 6.07) is 1.89. The van der Waals surface area contributed by atoms with E-state index >= 15 is 0 Å². The van der Waals surface area contributed by atoms with Gasteiger partial charge in [-0.15, -0.1) is 0 Å². The molecule has 6 heteroatoms. The minimum Gasteiger partial charge on any atom is -0.379 e. The number of rotatable bonds is 7. The summed E-state index contributed by atoms with van der Waals surface area (Å²) < 4.78 is 5.32. The van der Waals surface area contributed by atoms with Gasteiger partial charge in [-0.1, -0.05) is 6.92 Å². The highest BCUT2D eigenvalue weighted by molar-refractivity contribution is 5.39. The molecule has 0 saturated carbocycles. The fraction of sp³-hybridized carbons (Fsp3) is 0.692. The summed E-state index contributed by atoms with van der Waals surface area (Å²) in [6.07, 6.45) is 2.87. The van der Waals surface area contributed by atoms with Crippen molar-refractivity contribution in [2.24, 2.45) is 0 Å². The van der Waals surface area contributed by atoms with Crippen LogP contribution in [0.4, 0.5) is 11.8 Å². The van der Waals surface area contributed by atoms with Crippen molar-refractivity contribution in [1.82, 2.24) is 14.9 Å². The van der Waals surface area contributed by atoms with Gasteiger partial charge in [-0.2, -0.15) is 4.98 Å². The standard InChI is InChI=1S/C13H23N5O/c1-2-4-14-12-3-5-15-13(17-12)16-6-7-18-8-10-19-11-9-18/h3,5H,2,4,6-11H2,1H3,(H2,14,15,16,17). The molecule has 0 spiro atoms. The van der Waals surface area contributed by atoms with Crippen molar-refractivity contribution in [1.29, 1.82) is 0 Å². The molecule has 1 aromatic heterocycles. The highest BCUT2D eigenvalue weighted by atomic mass is 16.5. The van der Waals surface area contributed by atoms with Crippen LogP contribution in [-0.4, -0.2) is 60.8 Å². The van der Waals surface area contributed by atoms with Crippen LogP contribution in [0.5, 0.6) is 0 Å². The van der Waals surface area contributed by atoms with Crippen LogP contribution in [0.15, 0.2) is 12.3 Å². The Morgan fingerprint density at radius 1 is 1.26 bits per heavy atom. The van der Waals surface area contributed by atoms with Gasteiger partial charge in [-0.3, -0.25) is 4.90 Å². The summed E-state index contributed by atoms with van der Waals surface area (Å²) in [6.45, 7) is 8.64. The quantitative estimate of drug-likeness (QED) is 0.768. The van der Waals surface area contributed by atoms with E-state index in [9.17, 15) is 0 Å². The van der Waals surface area contributed by atoms with Crippen molar-refractivity contribution < 1.29 is 4.74 Å². The van der Waals surface area contributed by atoms with E-state index in [2.05, 4.69) is 32.4 Å². The predicted octanol–water partition coefficient (Wildman–Crippen LogP) is 1.04. The van der Waals surface area contributed by atoms with Crippen molar-refractivity contribution in [3.05, 3.63) is 12.3 Å². The maximum atomic E-state index is 5.32. The molecule has 2 heterocycles. The predicted molar refractivity (Wildman–Crippen MR) is 76.6 cm³/mol. The van der Waals surface area contributed by atoms with E-state index < -0.39 is 0 Å². The summed E-state index contributed by atoms with van der Waals surface area (Å²) in [5.74, 6) is 1.57. The lowest BCUT2D eigenvalue weighted by Gasteiger charge is -2.26. The van der Waals surface area contributed by atoms with E-state index in [4.69, 9.17) is 4.74 Å². The highest BCUT2D eigenvalue weighted by Gasteiger charge is 2.09. The first-order valence-corrected chi connectivity index (χ1v) is 6.99. The third-order valence-electron chi connectivity index (χ3n) is 3.03. The molecule has 2 rings (SSSR count). The zero-order valence-corrected chi connectivity index (χ0v) is 11.6. The first kappa shape index (κ1) is 14.0. The van der Waals surface area contributed by atoms with E-state index in [1.165, 1.54) is 0 Å². The van der Waals surface area contributed by atoms with Gasteiger partial charge in [0, 0.05) is 38.9 Å². The Morgan fingerprint density at radius 3 is 2.89 bits per heavy atom. The smallest absolute Gasteiger partial charge is 0.224 e. The number of anilines is 2. The number of hydrogen-bond acceptors (Lipinski definition) is 6. The van der Waals surface area contributed by atoms with E-state index in [1.54, 1.807) is 6.20 Å². The van der Waals surface area contributed by atoms with Crippen LogP contribution in [-0.2, 0) is 4.74 Å². The fourth-order valence-corrected chi connectivity index (χ4v) is 1.95. The average Bonchev–Trinajstić information content (AvgIpc) is 2.47. The zero-order valence-electron chi connectivity index (χ0n) is 11.6. The van der Waals surface area contributed by atoms with Gasteiger partial charge in [0.2, 0.25) is 5.95 Å². The van der Waals surface area contributed by atoms with Crippen LogP contribution < -0.4 is 10.6 Å². The molecule has 1 fully saturated rings. The third-order valence-corrected chi connectivity index (χ3v) is 3.03. The van der Waals surface area contributed by atoms with Crippen LogP contribution in [0.3, 0.4) is 0 Å². The van der Waals surface area contributed by atoms with E-state index in [1.807, 2.05) is 6.07 Å². The van der Waals surface area contributed by atoms with E-state index in [0.717, 1.165) is 58.2 Å². The minimum atomic E-state index is 0.689. The van der Waals surface area contributed by atoms with Gasteiger partial charge in [0.25, 0.3) is 0 Å². The van der Waals surface area contributed by atoms with Crippen molar-refractivity contribution in [2.45, 2.75) is 13.3 Å². The molecular weight excluding hydrogens is 242 g/mol. The summed E-state index contributed by atoms with van der Waals surface area (Å²) >= 11 is 0. The molecule has 19 heavy (non-hydrogen) atoms. The molecule has 2 N–H and O–H groups in total. The lowest BCUT2D eigenvalue weighted by molar-refractivity contribution is 0.0398. The van der Waals surface area contributed by atoms with Crippen molar-refractivity contribution in [3.63, 3.8) is 0 Å². The molecule has 1 saturated heterocycles. The molecule has 0 aromatic carbocycles. The second-order valence-electron chi connectivity index (χ2n) is 4.57. The summed E-state index contributed by atoms with van der Waals surface area (Å²) in [5, 5.41) is 6.52. The van der Waals surface area contributed by atoms with E-state index in [0.29, 0.717) is 5.95 Å². The van der Waals surface area contributed by atoms with Gasteiger partial charge in [0.15, 0.2) is 0 Å². The second-order valence-corrected chi connectivity index (χ2v) is 4.57. The number of hydrogen-bond donors (Lipinski definition) is 2. The monoisotopic (exact) mass is 265 g/mol. The molecule has 0 radical (unpaired) electrons. The van der Waals surface area contributed by atoms with Crippen LogP contribution in [0.25, 0.3) is 0 Å². The Balaban J connectivity index is 1.72. The van der Waals surface area contributed by atoms with E-state index in [-0.39, 0.29) is 0 Å². The molecule has 6 nitrogen and oxygen atoms in total. The number of aromatic nitrogens is 2. The zero-order chi connectivity index (χ0) is 13.3. The Hall–Kier alpha value is -1.40. The number of nitrogens with one attached hydrogen (secondary N) is 2. The Labute approximate surface area is 114 Å². The molecule has 0 unspecified atom stereocenters. The topological polar surface area (TPSA) is 62.3 Å². The van der Waals surface area contributed by atoms with Gasteiger partial charge in [-0.05, 0) is 12.5 Å². The Morgan fingerprint density at radius 2 is 2.11 bits per heavy atom. The van der Waals surface area contributed by atoms with Crippen molar-refractivity contribution in [2.75, 3.05) is 56.6 Å². The first-order chi connectivity index (χ1) is 9.38. The second kappa shape index (κ2) is 7.91. The number of morpholine rings is 1. The van der Waals surface area contributed by atoms with Gasteiger partial charge < -0.3 is 15.4 Å². The van der Waals surface area contributed by atoms with Gasteiger partial charge in [0.05, 0.1) is 13.2 Å². The summed E-state index contributed by atoms with van der Waals surface area (Å²) in [4.78, 5) is 11.0. The third kappa shape index (κ3) is 5.00. The molecule has 0 atom stereocenters. The van der Waals surface area contributed by atoms with Crippen LogP contribution >= 0.6 is 0 Å². The summed E-state index contributed by atoms with van der Waals surface area (Å²) in [5.41, 5.74) is 0. The van der Waals surface area contributed by atoms with Gasteiger partial charge >= 0.3 is 0 Å². The number of ether oxygens (including phenoxy) is 1. The lowest BCUT2D eigenvalue weighted by Crippen LogP contribution is -2.39. The molecule has 1 aromatic rings. The molecule has 0 bridgehead atoms. The summed E-state index contributed by atoms with van der Waals surface area (Å²) in [7, 11) is 0. The van der Waals surface area contributed by atoms with Gasteiger partial charge in [0.1, 0.15) is 5.82 Å². The SMILES string of the molecule is CCCNc1ccnc(NCCN2CCOCC2)n1. The molecule has 1 aliphatic rings. The molecular formula is C13H23N5O. The lowest BCUT2D eigenvalue weighted by atomic mass is 10.4. The maximum Gasteiger partial charge on any atom is 0.224 e. The maximum absolute atomic E-state index is 5.32. The molecule has 0 amide bonds. The molecule has 1 aliphatic heterocycles. The van der Waals surface area contributed by atoms with Gasteiger partial charge in [-0.25, -0.2) is 4.98 Å². The molecule has 0 aliphatic carbocycles. The molecule has 106 valence electrons. The highest BCUT2D eigenvalue weighted by Crippen LogP contribution is 2.05. The average molecular weight is 265 g/mol. The van der Waals surface area contributed by atoms with Crippen molar-refractivity contribution in [3.8, 4) is 0 Å². The normalized spacial score (nSPS) is 16.3. The number of nitrogens with zero attached hydrogens (tertiary/aromatic N) is 3. The Kier molecular flexibility index (Phi) is 5.84. The first-order valence-electron chi connectivity index (χ1n) is 6.99.